The number of rotatable bonds is 7. The molecule has 3 aromatic carbocycles. The predicted octanol–water partition coefficient (Wildman–Crippen LogP) is 5.45. The summed E-state index contributed by atoms with van der Waals surface area (Å²) in [4.78, 5) is 9.39. The zero-order valence-corrected chi connectivity index (χ0v) is 18.5. The number of para-hydroxylation sites is 1. The van der Waals surface area contributed by atoms with Crippen molar-refractivity contribution in [1.82, 2.24) is 9.97 Å². The SMILES string of the molecule is COc1cc(-c2nc(Nc3ccccc3)nc(-c3ccccc3)c2C#N)cc(OC)c1OC. The van der Waals surface area contributed by atoms with Gasteiger partial charge in [-0.25, -0.2) is 9.97 Å². The molecule has 0 aliphatic carbocycles. The standard InChI is InChI=1S/C26H22N4O3/c1-31-21-14-18(15-22(32-2)25(21)33-3)24-20(16-27)23(17-10-6-4-7-11-17)29-26(30-24)28-19-12-8-5-9-13-19/h4-15H,1-3H3,(H,28,29,30). The molecule has 4 rings (SSSR count). The summed E-state index contributed by atoms with van der Waals surface area (Å²) in [5.41, 5.74) is 3.59. The summed E-state index contributed by atoms with van der Waals surface area (Å²) in [6.45, 7) is 0. The first-order valence-electron chi connectivity index (χ1n) is 10.2. The summed E-state index contributed by atoms with van der Waals surface area (Å²) in [6.07, 6.45) is 0. The van der Waals surface area contributed by atoms with Crippen LogP contribution in [-0.2, 0) is 0 Å². The molecule has 0 fully saturated rings. The highest BCUT2D eigenvalue weighted by atomic mass is 16.5. The highest BCUT2D eigenvalue weighted by Crippen LogP contribution is 2.42. The quantitative estimate of drug-likeness (QED) is 0.410. The molecule has 0 spiro atoms. The van der Waals surface area contributed by atoms with Crippen LogP contribution < -0.4 is 19.5 Å². The van der Waals surface area contributed by atoms with E-state index >= 15 is 0 Å². The molecule has 0 amide bonds. The third-order valence-electron chi connectivity index (χ3n) is 5.04. The van der Waals surface area contributed by atoms with Crippen molar-refractivity contribution < 1.29 is 14.2 Å². The van der Waals surface area contributed by atoms with Crippen LogP contribution in [0, 0.1) is 11.3 Å². The van der Waals surface area contributed by atoms with Crippen LogP contribution in [0.5, 0.6) is 17.2 Å². The second kappa shape index (κ2) is 9.71. The Morgan fingerprint density at radius 1 is 0.727 bits per heavy atom. The van der Waals surface area contributed by atoms with Crippen molar-refractivity contribution in [1.29, 1.82) is 5.26 Å². The van der Waals surface area contributed by atoms with Crippen molar-refractivity contribution in [3.05, 3.63) is 78.4 Å². The van der Waals surface area contributed by atoms with Crippen LogP contribution in [0.25, 0.3) is 22.5 Å². The molecule has 1 heterocycles. The zero-order valence-electron chi connectivity index (χ0n) is 18.5. The van der Waals surface area contributed by atoms with Crippen molar-refractivity contribution in [3.63, 3.8) is 0 Å². The molecule has 1 N–H and O–H groups in total. The minimum Gasteiger partial charge on any atom is -0.493 e. The van der Waals surface area contributed by atoms with Crippen LogP contribution in [0.4, 0.5) is 11.6 Å². The number of anilines is 2. The number of aromatic nitrogens is 2. The number of ether oxygens (including phenoxy) is 3. The summed E-state index contributed by atoms with van der Waals surface area (Å²) < 4.78 is 16.5. The summed E-state index contributed by atoms with van der Waals surface area (Å²) in [5, 5.41) is 13.4. The molecular formula is C26H22N4O3. The molecule has 0 saturated carbocycles. The van der Waals surface area contributed by atoms with Crippen molar-refractivity contribution >= 4 is 11.6 Å². The van der Waals surface area contributed by atoms with Crippen LogP contribution in [0.15, 0.2) is 72.8 Å². The zero-order chi connectivity index (χ0) is 23.2. The monoisotopic (exact) mass is 438 g/mol. The van der Waals surface area contributed by atoms with Gasteiger partial charge < -0.3 is 19.5 Å². The van der Waals surface area contributed by atoms with Crippen LogP contribution in [-0.4, -0.2) is 31.3 Å². The van der Waals surface area contributed by atoms with Gasteiger partial charge in [-0.1, -0.05) is 48.5 Å². The summed E-state index contributed by atoms with van der Waals surface area (Å²) in [5.74, 6) is 1.76. The first-order chi connectivity index (χ1) is 16.2. The number of nitrogens with zero attached hydrogens (tertiary/aromatic N) is 3. The molecule has 0 radical (unpaired) electrons. The second-order valence-electron chi connectivity index (χ2n) is 7.00. The Balaban J connectivity index is 1.97. The lowest BCUT2D eigenvalue weighted by molar-refractivity contribution is 0.324. The summed E-state index contributed by atoms with van der Waals surface area (Å²) in [7, 11) is 4.63. The lowest BCUT2D eigenvalue weighted by atomic mass is 10.0. The molecule has 0 aliphatic heterocycles. The number of nitriles is 1. The first-order valence-corrected chi connectivity index (χ1v) is 10.2. The maximum absolute atomic E-state index is 10.1. The Morgan fingerprint density at radius 2 is 1.27 bits per heavy atom. The highest BCUT2D eigenvalue weighted by molar-refractivity contribution is 5.81. The third kappa shape index (κ3) is 4.41. The smallest absolute Gasteiger partial charge is 0.228 e. The van der Waals surface area contributed by atoms with Gasteiger partial charge in [0, 0.05) is 16.8 Å². The molecule has 0 aliphatic rings. The highest BCUT2D eigenvalue weighted by Gasteiger charge is 2.21. The fourth-order valence-corrected chi connectivity index (χ4v) is 3.50. The minimum absolute atomic E-state index is 0.342. The lowest BCUT2D eigenvalue weighted by Crippen LogP contribution is -2.04. The molecule has 0 bridgehead atoms. The van der Waals surface area contributed by atoms with Gasteiger partial charge in [-0.05, 0) is 24.3 Å². The largest absolute Gasteiger partial charge is 0.493 e. The molecule has 7 heteroatoms. The Hall–Kier alpha value is -4.57. The summed E-state index contributed by atoms with van der Waals surface area (Å²) >= 11 is 0. The third-order valence-corrected chi connectivity index (χ3v) is 5.04. The van der Waals surface area contributed by atoms with Gasteiger partial charge in [0.25, 0.3) is 0 Å². The second-order valence-corrected chi connectivity index (χ2v) is 7.00. The maximum atomic E-state index is 10.1. The Morgan fingerprint density at radius 3 is 1.79 bits per heavy atom. The van der Waals surface area contributed by atoms with E-state index in [9.17, 15) is 5.26 Å². The van der Waals surface area contributed by atoms with Gasteiger partial charge in [-0.2, -0.15) is 5.26 Å². The molecule has 4 aromatic rings. The Kier molecular flexibility index (Phi) is 6.37. The van der Waals surface area contributed by atoms with E-state index in [0.29, 0.717) is 45.7 Å². The molecule has 1 aromatic heterocycles. The van der Waals surface area contributed by atoms with Gasteiger partial charge in [0.15, 0.2) is 11.5 Å². The molecule has 0 atom stereocenters. The van der Waals surface area contributed by atoms with Gasteiger partial charge in [-0.3, -0.25) is 0 Å². The lowest BCUT2D eigenvalue weighted by Gasteiger charge is -2.16. The first kappa shape index (κ1) is 21.7. The van der Waals surface area contributed by atoms with E-state index in [-0.39, 0.29) is 0 Å². The van der Waals surface area contributed by atoms with E-state index < -0.39 is 0 Å². The molecule has 0 unspecified atom stereocenters. The van der Waals surface area contributed by atoms with E-state index in [4.69, 9.17) is 19.2 Å². The van der Waals surface area contributed by atoms with Crippen LogP contribution in [0.2, 0.25) is 0 Å². The minimum atomic E-state index is 0.342. The van der Waals surface area contributed by atoms with E-state index in [1.165, 1.54) is 0 Å². The van der Waals surface area contributed by atoms with Gasteiger partial charge in [0.05, 0.1) is 32.7 Å². The molecule has 7 nitrogen and oxygen atoms in total. The molecule has 0 saturated heterocycles. The number of benzene rings is 3. The Bertz CT molecular complexity index is 1280. The van der Waals surface area contributed by atoms with E-state index in [1.807, 2.05) is 60.7 Å². The van der Waals surface area contributed by atoms with Crippen molar-refractivity contribution in [3.8, 4) is 45.8 Å². The molecule has 33 heavy (non-hydrogen) atoms. The van der Waals surface area contributed by atoms with Gasteiger partial charge >= 0.3 is 0 Å². The van der Waals surface area contributed by atoms with E-state index in [2.05, 4.69) is 16.4 Å². The average molecular weight is 438 g/mol. The predicted molar refractivity (Wildman–Crippen MR) is 127 cm³/mol. The van der Waals surface area contributed by atoms with Gasteiger partial charge in [0.2, 0.25) is 11.7 Å². The average Bonchev–Trinajstić information content (AvgIpc) is 2.88. The number of hydrogen-bond donors (Lipinski definition) is 1. The van der Waals surface area contributed by atoms with Crippen LogP contribution >= 0.6 is 0 Å². The number of nitrogens with one attached hydrogen (secondary N) is 1. The van der Waals surface area contributed by atoms with Crippen LogP contribution in [0.3, 0.4) is 0 Å². The fourth-order valence-electron chi connectivity index (χ4n) is 3.50. The van der Waals surface area contributed by atoms with E-state index in [0.717, 1.165) is 11.3 Å². The van der Waals surface area contributed by atoms with Crippen LogP contribution in [0.1, 0.15) is 5.56 Å². The topological polar surface area (TPSA) is 89.3 Å². The Labute approximate surface area is 192 Å². The van der Waals surface area contributed by atoms with Crippen molar-refractivity contribution in [2.75, 3.05) is 26.6 Å². The molecule has 164 valence electrons. The van der Waals surface area contributed by atoms with E-state index in [1.54, 1.807) is 33.5 Å². The normalized spacial score (nSPS) is 10.2. The fraction of sp³-hybridized carbons (Fsp3) is 0.115. The maximum Gasteiger partial charge on any atom is 0.228 e. The summed E-state index contributed by atoms with van der Waals surface area (Å²) in [6, 6.07) is 25.0. The van der Waals surface area contributed by atoms with Crippen molar-refractivity contribution in [2.24, 2.45) is 0 Å². The van der Waals surface area contributed by atoms with Crippen molar-refractivity contribution in [2.45, 2.75) is 0 Å². The number of methoxy groups -OCH3 is 3. The number of hydrogen-bond acceptors (Lipinski definition) is 7. The van der Waals surface area contributed by atoms with Gasteiger partial charge in [-0.15, -0.1) is 0 Å². The molecular weight excluding hydrogens is 416 g/mol. The van der Waals surface area contributed by atoms with Gasteiger partial charge in [0.1, 0.15) is 11.6 Å².